The highest BCUT2D eigenvalue weighted by Gasteiger charge is 2.10. The summed E-state index contributed by atoms with van der Waals surface area (Å²) in [5.41, 5.74) is 6.03. The molecule has 0 radical (unpaired) electrons. The number of hydrogen-bond donors (Lipinski definition) is 1. The largest absolute Gasteiger partial charge is 0.327 e. The summed E-state index contributed by atoms with van der Waals surface area (Å²) >= 11 is 11.1. The van der Waals surface area contributed by atoms with E-state index in [9.17, 15) is 0 Å². The first-order valence-corrected chi connectivity index (χ1v) is 7.76. The number of nitrogens with two attached hydrogens (primary N) is 1. The zero-order valence-corrected chi connectivity index (χ0v) is 13.7. The molecule has 0 spiro atoms. The molecule has 0 aliphatic rings. The maximum atomic E-state index is 6.03. The van der Waals surface area contributed by atoms with Crippen LogP contribution in [0.2, 0.25) is 4.34 Å². The van der Waals surface area contributed by atoms with Gasteiger partial charge in [-0.1, -0.05) is 25.4 Å². The molecule has 0 bridgehead atoms. The van der Waals surface area contributed by atoms with Gasteiger partial charge in [0.15, 0.2) is 0 Å². The Morgan fingerprint density at radius 2 is 2.18 bits per heavy atom. The summed E-state index contributed by atoms with van der Waals surface area (Å²) in [6.07, 6.45) is 1.04. The van der Waals surface area contributed by atoms with Gasteiger partial charge in [-0.2, -0.15) is 0 Å². The lowest BCUT2D eigenvalue weighted by Gasteiger charge is -2.20. The van der Waals surface area contributed by atoms with Crippen molar-refractivity contribution in [2.75, 3.05) is 13.6 Å². The molecule has 1 atom stereocenters. The lowest BCUT2D eigenvalue weighted by atomic mass is 10.0. The molecule has 1 rings (SSSR count). The van der Waals surface area contributed by atoms with Crippen molar-refractivity contribution in [1.82, 2.24) is 4.90 Å². The number of hydrogen-bond acceptors (Lipinski definition) is 3. The molecule has 1 aromatic heterocycles. The Balaban J connectivity index is 2.37. The Hall–Kier alpha value is 0.390. The third kappa shape index (κ3) is 5.26. The van der Waals surface area contributed by atoms with Gasteiger partial charge in [0.25, 0.3) is 0 Å². The van der Waals surface area contributed by atoms with Crippen LogP contribution in [0.5, 0.6) is 0 Å². The summed E-state index contributed by atoms with van der Waals surface area (Å²) in [5.74, 6) is 0.550. The smallest absolute Gasteiger partial charge is 0.107 e. The van der Waals surface area contributed by atoms with Crippen LogP contribution in [0.4, 0.5) is 0 Å². The predicted octanol–water partition coefficient (Wildman–Crippen LogP) is 3.97. The van der Waals surface area contributed by atoms with E-state index in [2.05, 4.69) is 47.8 Å². The third-order valence-corrected chi connectivity index (χ3v) is 5.28. The normalized spacial score (nSPS) is 13.6. The molecule has 2 N–H and O–H groups in total. The number of halogens is 2. The molecule has 17 heavy (non-hydrogen) atoms. The highest BCUT2D eigenvalue weighted by Crippen LogP contribution is 2.32. The van der Waals surface area contributed by atoms with Crippen LogP contribution in [0.3, 0.4) is 0 Å². The van der Waals surface area contributed by atoms with Crippen molar-refractivity contribution in [1.29, 1.82) is 0 Å². The van der Waals surface area contributed by atoms with Gasteiger partial charge < -0.3 is 10.6 Å². The van der Waals surface area contributed by atoms with Gasteiger partial charge in [-0.25, -0.2) is 0 Å². The van der Waals surface area contributed by atoms with Crippen molar-refractivity contribution >= 4 is 38.9 Å². The van der Waals surface area contributed by atoms with E-state index in [1.165, 1.54) is 4.88 Å². The van der Waals surface area contributed by atoms with E-state index in [-0.39, 0.29) is 6.04 Å². The van der Waals surface area contributed by atoms with E-state index >= 15 is 0 Å². The summed E-state index contributed by atoms with van der Waals surface area (Å²) in [6.45, 7) is 6.29. The van der Waals surface area contributed by atoms with Crippen molar-refractivity contribution in [3.8, 4) is 0 Å². The van der Waals surface area contributed by atoms with E-state index in [4.69, 9.17) is 17.3 Å². The molecule has 1 unspecified atom stereocenters. The van der Waals surface area contributed by atoms with Crippen LogP contribution in [0, 0.1) is 5.92 Å². The quantitative estimate of drug-likeness (QED) is 0.849. The summed E-state index contributed by atoms with van der Waals surface area (Å²) in [4.78, 5) is 3.57. The molecule has 5 heteroatoms. The summed E-state index contributed by atoms with van der Waals surface area (Å²) in [7, 11) is 2.12. The molecule has 0 aliphatic heterocycles. The number of rotatable bonds is 6. The van der Waals surface area contributed by atoms with E-state index in [0.717, 1.165) is 28.3 Å². The average Bonchev–Trinajstić information content (AvgIpc) is 2.54. The Morgan fingerprint density at radius 1 is 1.53 bits per heavy atom. The van der Waals surface area contributed by atoms with Gasteiger partial charge in [0.2, 0.25) is 0 Å². The maximum absolute atomic E-state index is 6.03. The summed E-state index contributed by atoms with van der Waals surface area (Å²) < 4.78 is 1.82. The Kier molecular flexibility index (Phi) is 6.45. The second kappa shape index (κ2) is 7.10. The van der Waals surface area contributed by atoms with Crippen LogP contribution in [-0.4, -0.2) is 24.5 Å². The van der Waals surface area contributed by atoms with E-state index in [1.807, 2.05) is 0 Å². The third-order valence-electron chi connectivity index (χ3n) is 2.82. The van der Waals surface area contributed by atoms with Crippen molar-refractivity contribution in [2.24, 2.45) is 11.7 Å². The standard InChI is InChI=1S/C12H20BrClN2S/c1-8(2)11(15)4-5-16(3)7-9-6-10(13)12(14)17-9/h6,8,11H,4-5,7,15H2,1-3H3. The van der Waals surface area contributed by atoms with Crippen LogP contribution in [0.25, 0.3) is 0 Å². The predicted molar refractivity (Wildman–Crippen MR) is 80.8 cm³/mol. The highest BCUT2D eigenvalue weighted by molar-refractivity contribution is 9.10. The molecule has 2 nitrogen and oxygen atoms in total. The van der Waals surface area contributed by atoms with Crippen molar-refractivity contribution in [3.05, 3.63) is 19.8 Å². The molecule has 0 aromatic carbocycles. The Bertz CT molecular complexity index is 335. The Morgan fingerprint density at radius 3 is 2.65 bits per heavy atom. The monoisotopic (exact) mass is 338 g/mol. The van der Waals surface area contributed by atoms with E-state index in [0.29, 0.717) is 5.92 Å². The molecule has 0 aliphatic carbocycles. The van der Waals surface area contributed by atoms with Gasteiger partial charge in [0.05, 0.1) is 0 Å². The molecule has 1 heterocycles. The minimum atomic E-state index is 0.288. The summed E-state index contributed by atoms with van der Waals surface area (Å²) in [6, 6.07) is 2.38. The minimum absolute atomic E-state index is 0.288. The molecule has 98 valence electrons. The van der Waals surface area contributed by atoms with Gasteiger partial charge in [0, 0.05) is 21.9 Å². The second-order valence-corrected chi connectivity index (χ2v) is 7.36. The minimum Gasteiger partial charge on any atom is -0.327 e. The zero-order valence-electron chi connectivity index (χ0n) is 10.5. The van der Waals surface area contributed by atoms with Crippen LogP contribution < -0.4 is 5.73 Å². The Labute approximate surface area is 121 Å². The molecule has 0 amide bonds. The van der Waals surface area contributed by atoms with Crippen LogP contribution >= 0.6 is 38.9 Å². The molecular formula is C12H20BrClN2S. The van der Waals surface area contributed by atoms with Gasteiger partial charge >= 0.3 is 0 Å². The van der Waals surface area contributed by atoms with Crippen LogP contribution in [-0.2, 0) is 6.54 Å². The summed E-state index contributed by atoms with van der Waals surface area (Å²) in [5, 5.41) is 0. The fraction of sp³-hybridized carbons (Fsp3) is 0.667. The molecule has 0 fully saturated rings. The zero-order chi connectivity index (χ0) is 13.0. The van der Waals surface area contributed by atoms with Crippen molar-refractivity contribution < 1.29 is 0 Å². The first-order chi connectivity index (χ1) is 7.90. The number of nitrogens with zero attached hydrogens (tertiary/aromatic N) is 1. The fourth-order valence-corrected chi connectivity index (χ4v) is 3.39. The first kappa shape index (κ1) is 15.4. The fourth-order valence-electron chi connectivity index (χ4n) is 1.52. The lowest BCUT2D eigenvalue weighted by Crippen LogP contribution is -2.31. The topological polar surface area (TPSA) is 29.3 Å². The molecule has 1 aromatic rings. The van der Waals surface area contributed by atoms with Gasteiger partial charge in [-0.15, -0.1) is 11.3 Å². The molecule has 0 saturated carbocycles. The van der Waals surface area contributed by atoms with E-state index < -0.39 is 0 Å². The van der Waals surface area contributed by atoms with Crippen LogP contribution in [0.1, 0.15) is 25.1 Å². The van der Waals surface area contributed by atoms with Crippen molar-refractivity contribution in [2.45, 2.75) is 32.9 Å². The highest BCUT2D eigenvalue weighted by atomic mass is 79.9. The molecule has 0 saturated heterocycles. The van der Waals surface area contributed by atoms with Gasteiger partial charge in [-0.3, -0.25) is 0 Å². The lowest BCUT2D eigenvalue weighted by molar-refractivity contribution is 0.298. The SMILES string of the molecule is CC(C)C(N)CCN(C)Cc1cc(Br)c(Cl)s1. The van der Waals surface area contributed by atoms with Gasteiger partial charge in [0.1, 0.15) is 4.34 Å². The van der Waals surface area contributed by atoms with Crippen LogP contribution in [0.15, 0.2) is 10.5 Å². The first-order valence-electron chi connectivity index (χ1n) is 5.78. The van der Waals surface area contributed by atoms with Crippen molar-refractivity contribution in [3.63, 3.8) is 0 Å². The maximum Gasteiger partial charge on any atom is 0.107 e. The second-order valence-electron chi connectivity index (χ2n) is 4.77. The molecular weight excluding hydrogens is 320 g/mol. The number of thiophene rings is 1. The average molecular weight is 340 g/mol. The van der Waals surface area contributed by atoms with E-state index in [1.54, 1.807) is 11.3 Å². The van der Waals surface area contributed by atoms with Gasteiger partial charge in [-0.05, 0) is 47.9 Å².